The summed E-state index contributed by atoms with van der Waals surface area (Å²) < 4.78 is 0. The summed E-state index contributed by atoms with van der Waals surface area (Å²) in [5.74, 6) is 1.06. The molecule has 3 fully saturated rings. The number of amides is 1. The van der Waals surface area contributed by atoms with Crippen LogP contribution in [0, 0.1) is 11.3 Å². The molecule has 1 N–H and O–H groups in total. The average molecular weight is 301 g/mol. The van der Waals surface area contributed by atoms with Gasteiger partial charge in [0.2, 0.25) is 5.91 Å². The SMILES string of the molecule is CC1(C)CCN(C(=O)CC2CC3CCC(C2)N3)CC1.Cl. The van der Waals surface area contributed by atoms with E-state index in [1.165, 1.54) is 25.7 Å². The van der Waals surface area contributed by atoms with E-state index in [-0.39, 0.29) is 12.4 Å². The van der Waals surface area contributed by atoms with E-state index in [1.807, 2.05) is 0 Å². The quantitative estimate of drug-likeness (QED) is 0.850. The number of halogens is 1. The number of likely N-dealkylation sites (tertiary alicyclic amines) is 1. The molecular formula is C16H29ClN2O. The molecular weight excluding hydrogens is 272 g/mol. The molecule has 0 aromatic carbocycles. The Morgan fingerprint density at radius 2 is 1.70 bits per heavy atom. The van der Waals surface area contributed by atoms with E-state index in [9.17, 15) is 4.79 Å². The Labute approximate surface area is 129 Å². The Morgan fingerprint density at radius 1 is 1.15 bits per heavy atom. The van der Waals surface area contributed by atoms with Gasteiger partial charge in [0, 0.05) is 31.6 Å². The van der Waals surface area contributed by atoms with Crippen molar-refractivity contribution in [3.8, 4) is 0 Å². The monoisotopic (exact) mass is 300 g/mol. The van der Waals surface area contributed by atoms with E-state index in [2.05, 4.69) is 24.1 Å². The van der Waals surface area contributed by atoms with Crippen molar-refractivity contribution in [3.63, 3.8) is 0 Å². The topological polar surface area (TPSA) is 32.3 Å². The van der Waals surface area contributed by atoms with E-state index in [1.54, 1.807) is 0 Å². The number of hydrogen-bond acceptors (Lipinski definition) is 2. The summed E-state index contributed by atoms with van der Waals surface area (Å²) in [5, 5.41) is 3.66. The van der Waals surface area contributed by atoms with Gasteiger partial charge in [-0.15, -0.1) is 12.4 Å². The summed E-state index contributed by atoms with van der Waals surface area (Å²) in [7, 11) is 0. The summed E-state index contributed by atoms with van der Waals surface area (Å²) in [4.78, 5) is 14.5. The molecule has 3 heterocycles. The molecule has 0 radical (unpaired) electrons. The lowest BCUT2D eigenvalue weighted by Crippen LogP contribution is -2.43. The van der Waals surface area contributed by atoms with Gasteiger partial charge in [-0.25, -0.2) is 0 Å². The zero-order valence-corrected chi connectivity index (χ0v) is 13.7. The maximum Gasteiger partial charge on any atom is 0.222 e. The molecule has 2 unspecified atom stereocenters. The van der Waals surface area contributed by atoms with E-state index in [4.69, 9.17) is 0 Å². The van der Waals surface area contributed by atoms with Crippen molar-refractivity contribution < 1.29 is 4.79 Å². The Bertz CT molecular complexity index is 336. The molecule has 0 aromatic rings. The second kappa shape index (κ2) is 6.23. The van der Waals surface area contributed by atoms with E-state index < -0.39 is 0 Å². The number of nitrogens with one attached hydrogen (secondary N) is 1. The molecule has 3 saturated heterocycles. The molecule has 20 heavy (non-hydrogen) atoms. The molecule has 2 atom stereocenters. The van der Waals surface area contributed by atoms with Gasteiger partial charge in [0.1, 0.15) is 0 Å². The minimum absolute atomic E-state index is 0. The maximum absolute atomic E-state index is 12.4. The third-order valence-electron chi connectivity index (χ3n) is 5.50. The average Bonchev–Trinajstić information content (AvgIpc) is 2.68. The van der Waals surface area contributed by atoms with Gasteiger partial charge in [0.25, 0.3) is 0 Å². The highest BCUT2D eigenvalue weighted by Gasteiger charge is 2.35. The number of rotatable bonds is 2. The molecule has 2 bridgehead atoms. The van der Waals surface area contributed by atoms with E-state index in [0.29, 0.717) is 29.3 Å². The third kappa shape index (κ3) is 3.67. The first-order chi connectivity index (χ1) is 9.02. The van der Waals surface area contributed by atoms with Gasteiger partial charge < -0.3 is 10.2 Å². The number of hydrogen-bond donors (Lipinski definition) is 1. The van der Waals surface area contributed by atoms with Crippen LogP contribution in [0.15, 0.2) is 0 Å². The molecule has 4 heteroatoms. The number of carbonyl (C=O) groups is 1. The fourth-order valence-corrected chi connectivity index (χ4v) is 4.08. The Kier molecular flexibility index (Phi) is 5.01. The zero-order chi connectivity index (χ0) is 13.5. The minimum Gasteiger partial charge on any atom is -0.343 e. The van der Waals surface area contributed by atoms with E-state index in [0.717, 1.165) is 32.4 Å². The number of fused-ring (bicyclic) bond motifs is 2. The highest BCUT2D eigenvalue weighted by atomic mass is 35.5. The van der Waals surface area contributed by atoms with Crippen LogP contribution in [0.2, 0.25) is 0 Å². The van der Waals surface area contributed by atoms with Crippen LogP contribution in [-0.4, -0.2) is 36.0 Å². The summed E-state index contributed by atoms with van der Waals surface area (Å²) >= 11 is 0. The molecule has 1 amide bonds. The van der Waals surface area contributed by atoms with Crippen LogP contribution in [0.3, 0.4) is 0 Å². The maximum atomic E-state index is 12.4. The first-order valence-electron chi connectivity index (χ1n) is 8.06. The zero-order valence-electron chi connectivity index (χ0n) is 12.9. The van der Waals surface area contributed by atoms with Gasteiger partial charge in [-0.3, -0.25) is 4.79 Å². The summed E-state index contributed by atoms with van der Waals surface area (Å²) in [5.41, 5.74) is 0.435. The lowest BCUT2D eigenvalue weighted by molar-refractivity contribution is -0.134. The predicted octanol–water partition coefficient (Wildman–Crippen LogP) is 2.98. The van der Waals surface area contributed by atoms with Crippen molar-refractivity contribution in [1.82, 2.24) is 10.2 Å². The highest BCUT2D eigenvalue weighted by molar-refractivity contribution is 5.85. The third-order valence-corrected chi connectivity index (χ3v) is 5.50. The number of piperidine rings is 2. The second-order valence-corrected chi connectivity index (χ2v) is 7.72. The van der Waals surface area contributed by atoms with Crippen LogP contribution in [0.4, 0.5) is 0 Å². The summed E-state index contributed by atoms with van der Waals surface area (Å²) in [6.07, 6.45) is 8.23. The molecule has 0 aromatic heterocycles. The van der Waals surface area contributed by atoms with Gasteiger partial charge in [0.05, 0.1) is 0 Å². The van der Waals surface area contributed by atoms with Crippen molar-refractivity contribution in [1.29, 1.82) is 0 Å². The van der Waals surface area contributed by atoms with Gasteiger partial charge in [-0.1, -0.05) is 13.8 Å². The summed E-state index contributed by atoms with van der Waals surface area (Å²) in [6.45, 7) is 6.59. The molecule has 3 aliphatic heterocycles. The lowest BCUT2D eigenvalue weighted by atomic mass is 9.82. The number of nitrogens with zero attached hydrogens (tertiary/aromatic N) is 1. The fourth-order valence-electron chi connectivity index (χ4n) is 4.08. The van der Waals surface area contributed by atoms with Crippen molar-refractivity contribution in [2.45, 2.75) is 70.9 Å². The van der Waals surface area contributed by atoms with Crippen LogP contribution in [0.5, 0.6) is 0 Å². The van der Waals surface area contributed by atoms with Crippen LogP contribution in [-0.2, 0) is 4.79 Å². The predicted molar refractivity (Wildman–Crippen MR) is 84.1 cm³/mol. The van der Waals surface area contributed by atoms with Crippen LogP contribution in [0.25, 0.3) is 0 Å². The van der Waals surface area contributed by atoms with Gasteiger partial charge in [-0.2, -0.15) is 0 Å². The molecule has 3 aliphatic rings. The Hall–Kier alpha value is -0.280. The molecule has 3 rings (SSSR count). The standard InChI is InChI=1S/C16H28N2O.ClH/c1-16(2)5-7-18(8-6-16)15(19)11-12-9-13-3-4-14(10-12)17-13;/h12-14,17H,3-11H2,1-2H3;1H. The summed E-state index contributed by atoms with van der Waals surface area (Å²) in [6, 6.07) is 1.41. The first kappa shape index (κ1) is 16.1. The lowest BCUT2D eigenvalue weighted by Gasteiger charge is -2.38. The van der Waals surface area contributed by atoms with Crippen molar-refractivity contribution in [2.75, 3.05) is 13.1 Å². The van der Waals surface area contributed by atoms with Crippen LogP contribution in [0.1, 0.15) is 58.8 Å². The van der Waals surface area contributed by atoms with Crippen LogP contribution < -0.4 is 5.32 Å². The molecule has 0 saturated carbocycles. The van der Waals surface area contributed by atoms with Crippen LogP contribution >= 0.6 is 12.4 Å². The number of carbonyl (C=O) groups excluding carboxylic acids is 1. The molecule has 116 valence electrons. The van der Waals surface area contributed by atoms with Crippen molar-refractivity contribution in [3.05, 3.63) is 0 Å². The Balaban J connectivity index is 0.00000147. The normalized spacial score (nSPS) is 35.5. The molecule has 0 spiro atoms. The highest BCUT2D eigenvalue weighted by Crippen LogP contribution is 2.34. The minimum atomic E-state index is 0. The molecule has 3 nitrogen and oxygen atoms in total. The second-order valence-electron chi connectivity index (χ2n) is 7.72. The smallest absolute Gasteiger partial charge is 0.222 e. The largest absolute Gasteiger partial charge is 0.343 e. The van der Waals surface area contributed by atoms with Gasteiger partial charge in [-0.05, 0) is 49.9 Å². The van der Waals surface area contributed by atoms with Gasteiger partial charge >= 0.3 is 0 Å². The van der Waals surface area contributed by atoms with Gasteiger partial charge in [0.15, 0.2) is 0 Å². The Morgan fingerprint density at radius 3 is 2.25 bits per heavy atom. The van der Waals surface area contributed by atoms with Crippen molar-refractivity contribution in [2.24, 2.45) is 11.3 Å². The van der Waals surface area contributed by atoms with E-state index >= 15 is 0 Å². The fraction of sp³-hybridized carbons (Fsp3) is 0.938. The van der Waals surface area contributed by atoms with Crippen molar-refractivity contribution >= 4 is 18.3 Å². The first-order valence-corrected chi connectivity index (χ1v) is 8.06. The molecule has 0 aliphatic carbocycles.